The van der Waals surface area contributed by atoms with E-state index < -0.39 is 15.8 Å². The van der Waals surface area contributed by atoms with E-state index in [0.29, 0.717) is 22.6 Å². The Morgan fingerprint density at radius 1 is 1.21 bits per heavy atom. The Labute approximate surface area is 171 Å². The first-order valence-electron chi connectivity index (χ1n) is 9.36. The monoisotopic (exact) mass is 422 g/mol. The van der Waals surface area contributed by atoms with E-state index in [-0.39, 0.29) is 18.5 Å². The number of benzene rings is 2. The zero-order valence-corrected chi connectivity index (χ0v) is 17.9. The average Bonchev–Trinajstić information content (AvgIpc) is 2.66. The fraction of sp³-hybridized carbons (Fsp3) is 0.381. The van der Waals surface area contributed by atoms with Crippen LogP contribution in [0.2, 0.25) is 0 Å². The van der Waals surface area contributed by atoms with E-state index in [1.54, 1.807) is 18.2 Å². The van der Waals surface area contributed by atoms with Crippen LogP contribution < -0.4 is 14.4 Å². The lowest BCUT2D eigenvalue weighted by Gasteiger charge is -2.24. The highest BCUT2D eigenvalue weighted by Crippen LogP contribution is 2.26. The maximum atomic E-state index is 13.3. The number of hydrogen-bond donors (Lipinski definition) is 1. The van der Waals surface area contributed by atoms with Gasteiger partial charge in [-0.15, -0.1) is 0 Å². The Hall–Kier alpha value is -2.61. The third-order valence-corrected chi connectivity index (χ3v) is 5.61. The molecule has 1 unspecified atom stereocenters. The van der Waals surface area contributed by atoms with Crippen LogP contribution in [-0.2, 0) is 16.6 Å². The largest absolute Gasteiger partial charge is 0.496 e. The Kier molecular flexibility index (Phi) is 7.61. The molecule has 2 aromatic carbocycles. The number of sulfonamides is 1. The summed E-state index contributed by atoms with van der Waals surface area (Å²) in [5.74, 6) is -0.235. The van der Waals surface area contributed by atoms with E-state index in [2.05, 4.69) is 5.32 Å². The Bertz CT molecular complexity index is 946. The summed E-state index contributed by atoms with van der Waals surface area (Å²) in [4.78, 5) is 12.5. The van der Waals surface area contributed by atoms with Crippen LogP contribution in [0.15, 0.2) is 42.5 Å². The Morgan fingerprint density at radius 3 is 2.41 bits per heavy atom. The van der Waals surface area contributed by atoms with E-state index in [4.69, 9.17) is 4.74 Å². The van der Waals surface area contributed by atoms with Crippen molar-refractivity contribution < 1.29 is 22.3 Å². The van der Waals surface area contributed by atoms with Gasteiger partial charge in [-0.3, -0.25) is 9.10 Å². The predicted molar refractivity (Wildman–Crippen MR) is 112 cm³/mol. The highest BCUT2D eigenvalue weighted by atomic mass is 32.2. The molecule has 2 aromatic rings. The first-order chi connectivity index (χ1) is 13.7. The molecule has 0 aromatic heterocycles. The molecular weight excluding hydrogens is 395 g/mol. The molecule has 0 saturated heterocycles. The van der Waals surface area contributed by atoms with Crippen molar-refractivity contribution in [2.45, 2.75) is 39.3 Å². The molecule has 0 heterocycles. The van der Waals surface area contributed by atoms with Gasteiger partial charge in [0.2, 0.25) is 10.0 Å². The Balaban J connectivity index is 2.37. The number of rotatable bonds is 9. The maximum absolute atomic E-state index is 13.3. The van der Waals surface area contributed by atoms with Crippen LogP contribution in [0.1, 0.15) is 42.6 Å². The molecule has 29 heavy (non-hydrogen) atoms. The van der Waals surface area contributed by atoms with E-state index in [1.807, 2.05) is 13.8 Å². The minimum atomic E-state index is -3.66. The normalized spacial score (nSPS) is 12.3. The maximum Gasteiger partial charge on any atom is 0.251 e. The summed E-state index contributed by atoms with van der Waals surface area (Å²) >= 11 is 0. The van der Waals surface area contributed by atoms with Gasteiger partial charge in [0.25, 0.3) is 5.91 Å². The smallest absolute Gasteiger partial charge is 0.251 e. The second-order valence-corrected chi connectivity index (χ2v) is 8.84. The number of methoxy groups -OCH3 is 1. The predicted octanol–water partition coefficient (Wildman–Crippen LogP) is 3.72. The first-order valence-corrected chi connectivity index (χ1v) is 11.2. The molecular formula is C21H27FN2O4S. The number of hydrogen-bond acceptors (Lipinski definition) is 4. The number of nitrogens with one attached hydrogen (secondary N) is 1. The van der Waals surface area contributed by atoms with Crippen molar-refractivity contribution in [1.82, 2.24) is 5.32 Å². The second kappa shape index (κ2) is 9.73. The van der Waals surface area contributed by atoms with Crippen LogP contribution in [0, 0.1) is 5.82 Å². The number of anilines is 1. The molecule has 0 aliphatic heterocycles. The topological polar surface area (TPSA) is 75.7 Å². The van der Waals surface area contributed by atoms with Crippen molar-refractivity contribution in [2.75, 3.05) is 17.7 Å². The lowest BCUT2D eigenvalue weighted by molar-refractivity contribution is 0.0938. The van der Waals surface area contributed by atoms with Gasteiger partial charge in [-0.05, 0) is 55.8 Å². The molecule has 0 spiro atoms. The summed E-state index contributed by atoms with van der Waals surface area (Å²) in [6, 6.07) is 10.1. The summed E-state index contributed by atoms with van der Waals surface area (Å²) in [7, 11) is -2.18. The SMILES string of the molecule is CCCC(C)NC(=O)c1ccc(OC)c(CN(c2ccc(F)cc2)S(C)(=O)=O)c1. The van der Waals surface area contributed by atoms with Crippen molar-refractivity contribution in [2.24, 2.45) is 0 Å². The zero-order valence-electron chi connectivity index (χ0n) is 17.1. The quantitative estimate of drug-likeness (QED) is 0.668. The minimum Gasteiger partial charge on any atom is -0.496 e. The molecule has 2 rings (SSSR count). The first kappa shape index (κ1) is 22.7. The number of ether oxygens (including phenoxy) is 1. The average molecular weight is 423 g/mol. The van der Waals surface area contributed by atoms with Crippen molar-refractivity contribution in [3.05, 3.63) is 59.4 Å². The summed E-state index contributed by atoms with van der Waals surface area (Å²) in [6.07, 6.45) is 2.89. The van der Waals surface area contributed by atoms with Crippen molar-refractivity contribution in [3.8, 4) is 5.75 Å². The van der Waals surface area contributed by atoms with Gasteiger partial charge in [0.1, 0.15) is 11.6 Å². The molecule has 6 nitrogen and oxygen atoms in total. The van der Waals surface area contributed by atoms with Crippen molar-refractivity contribution in [1.29, 1.82) is 0 Å². The van der Waals surface area contributed by atoms with Gasteiger partial charge in [-0.25, -0.2) is 12.8 Å². The highest BCUT2D eigenvalue weighted by Gasteiger charge is 2.21. The standard InChI is InChI=1S/C21H27FN2O4S/c1-5-6-15(2)23-21(25)16-7-12-20(28-3)17(13-16)14-24(29(4,26)27)19-10-8-18(22)9-11-19/h7-13,15H,5-6,14H2,1-4H3,(H,23,25). The third kappa shape index (κ3) is 6.19. The molecule has 8 heteroatoms. The van der Waals surface area contributed by atoms with Crippen molar-refractivity contribution in [3.63, 3.8) is 0 Å². The van der Waals surface area contributed by atoms with E-state index in [1.165, 1.54) is 31.4 Å². The van der Waals surface area contributed by atoms with Crippen LogP contribution in [0.25, 0.3) is 0 Å². The Morgan fingerprint density at radius 2 is 1.86 bits per heavy atom. The number of carbonyl (C=O) groups excluding carboxylic acids is 1. The molecule has 1 amide bonds. The van der Waals surface area contributed by atoms with E-state index >= 15 is 0 Å². The van der Waals surface area contributed by atoms with Gasteiger partial charge in [-0.1, -0.05) is 13.3 Å². The van der Waals surface area contributed by atoms with Crippen LogP contribution in [0.5, 0.6) is 5.75 Å². The molecule has 1 N–H and O–H groups in total. The van der Waals surface area contributed by atoms with Crippen LogP contribution in [0.3, 0.4) is 0 Å². The van der Waals surface area contributed by atoms with Gasteiger partial charge >= 0.3 is 0 Å². The number of halogens is 1. The van der Waals surface area contributed by atoms with Crippen LogP contribution >= 0.6 is 0 Å². The number of nitrogens with zero attached hydrogens (tertiary/aromatic N) is 1. The fourth-order valence-electron chi connectivity index (χ4n) is 3.02. The third-order valence-electron chi connectivity index (χ3n) is 4.47. The lowest BCUT2D eigenvalue weighted by Crippen LogP contribution is -2.33. The van der Waals surface area contributed by atoms with Gasteiger partial charge in [0, 0.05) is 17.2 Å². The van der Waals surface area contributed by atoms with Gasteiger partial charge in [0.15, 0.2) is 0 Å². The lowest BCUT2D eigenvalue weighted by atomic mass is 10.1. The molecule has 158 valence electrons. The molecule has 1 atom stereocenters. The molecule has 0 fully saturated rings. The van der Waals surface area contributed by atoms with E-state index in [0.717, 1.165) is 23.4 Å². The number of carbonyl (C=O) groups is 1. The zero-order chi connectivity index (χ0) is 21.6. The van der Waals surface area contributed by atoms with Crippen molar-refractivity contribution >= 4 is 21.6 Å². The fourth-order valence-corrected chi connectivity index (χ4v) is 3.90. The van der Waals surface area contributed by atoms with Crippen LogP contribution in [-0.4, -0.2) is 33.7 Å². The van der Waals surface area contributed by atoms with Gasteiger partial charge < -0.3 is 10.1 Å². The summed E-state index contributed by atoms with van der Waals surface area (Å²) < 4.78 is 44.5. The second-order valence-electron chi connectivity index (χ2n) is 6.94. The van der Waals surface area contributed by atoms with Gasteiger partial charge in [0.05, 0.1) is 25.6 Å². The minimum absolute atomic E-state index is 0.0322. The van der Waals surface area contributed by atoms with E-state index in [9.17, 15) is 17.6 Å². The van der Waals surface area contributed by atoms with Crippen LogP contribution in [0.4, 0.5) is 10.1 Å². The molecule has 0 radical (unpaired) electrons. The summed E-state index contributed by atoms with van der Waals surface area (Å²) in [6.45, 7) is 3.92. The molecule has 0 aliphatic carbocycles. The summed E-state index contributed by atoms with van der Waals surface area (Å²) in [5, 5.41) is 2.93. The molecule has 0 saturated carbocycles. The van der Waals surface area contributed by atoms with Gasteiger partial charge in [-0.2, -0.15) is 0 Å². The highest BCUT2D eigenvalue weighted by molar-refractivity contribution is 7.92. The summed E-state index contributed by atoms with van der Waals surface area (Å²) in [5.41, 5.74) is 1.26. The molecule has 0 bridgehead atoms. The molecule has 0 aliphatic rings. The number of amides is 1.